The highest BCUT2D eigenvalue weighted by Crippen LogP contribution is 2.65. The van der Waals surface area contributed by atoms with Crippen LogP contribution in [0.15, 0.2) is 36.4 Å². The second-order valence-corrected chi connectivity index (χ2v) is 11.3. The second kappa shape index (κ2) is 9.16. The third-order valence-electron chi connectivity index (χ3n) is 6.07. The zero-order chi connectivity index (χ0) is 24.1. The summed E-state index contributed by atoms with van der Waals surface area (Å²) in [4.78, 5) is 25.5. The molecule has 176 valence electrons. The van der Waals surface area contributed by atoms with E-state index in [-0.39, 0.29) is 41.5 Å². The van der Waals surface area contributed by atoms with Crippen LogP contribution < -0.4 is 5.32 Å². The van der Waals surface area contributed by atoms with Gasteiger partial charge >= 0.3 is 0 Å². The molecule has 0 aliphatic heterocycles. The standard InChI is InChI=1S/C23H18Cl5F2NO2/c24-13-5-12(6-14(25)7-13)19-20(23(19,27)28)21(33)31-15-2-3-17(26)16(8-15)18(32)4-1-11-9-22(29,30)10-11/h2-3,5-8,11,19-20H,1,4,9-10H2,(H,31,33). The zero-order valence-corrected chi connectivity index (χ0v) is 20.8. The van der Waals surface area contributed by atoms with Gasteiger partial charge in [-0.05, 0) is 54.3 Å². The SMILES string of the molecule is O=C(CCC1CC(F)(F)C1)c1cc(NC(=O)C2C(c3cc(Cl)cc(Cl)c3)C2(Cl)Cl)ccc1Cl. The monoisotopic (exact) mass is 553 g/mol. The summed E-state index contributed by atoms with van der Waals surface area (Å²) in [5, 5.41) is 3.75. The van der Waals surface area contributed by atoms with Crippen molar-refractivity contribution in [3.8, 4) is 0 Å². The Balaban J connectivity index is 1.42. The molecule has 2 aromatic carbocycles. The summed E-state index contributed by atoms with van der Waals surface area (Å²) in [7, 11) is 0. The van der Waals surface area contributed by atoms with Crippen LogP contribution in [0.25, 0.3) is 0 Å². The van der Waals surface area contributed by atoms with Gasteiger partial charge in [-0.25, -0.2) is 8.78 Å². The van der Waals surface area contributed by atoms with Gasteiger partial charge in [0.15, 0.2) is 5.78 Å². The summed E-state index contributed by atoms with van der Waals surface area (Å²) >= 11 is 31.0. The van der Waals surface area contributed by atoms with Crippen molar-refractivity contribution in [1.29, 1.82) is 0 Å². The normalized spacial score (nSPS) is 23.0. The Morgan fingerprint density at radius 1 is 1.00 bits per heavy atom. The molecule has 33 heavy (non-hydrogen) atoms. The average Bonchev–Trinajstić information content (AvgIpc) is 3.27. The summed E-state index contributed by atoms with van der Waals surface area (Å²) < 4.78 is 24.7. The van der Waals surface area contributed by atoms with Gasteiger partial charge in [0, 0.05) is 46.5 Å². The number of nitrogens with one attached hydrogen (secondary N) is 1. The fourth-order valence-corrected chi connectivity index (χ4v) is 5.91. The van der Waals surface area contributed by atoms with Crippen LogP contribution in [0.2, 0.25) is 15.1 Å². The molecule has 2 aliphatic rings. The number of Topliss-reactive ketones (excluding diaryl/α,β-unsaturated/α-hetero) is 1. The first-order valence-corrected chi connectivity index (χ1v) is 12.1. The number of ketones is 1. The molecular formula is C23H18Cl5F2NO2. The second-order valence-electron chi connectivity index (χ2n) is 8.61. The number of anilines is 1. The molecule has 2 aromatic rings. The van der Waals surface area contributed by atoms with Crippen molar-refractivity contribution in [2.24, 2.45) is 11.8 Å². The van der Waals surface area contributed by atoms with E-state index in [1.54, 1.807) is 24.3 Å². The van der Waals surface area contributed by atoms with Crippen LogP contribution in [0, 0.1) is 11.8 Å². The number of hydrogen-bond donors (Lipinski definition) is 1. The number of alkyl halides is 4. The zero-order valence-electron chi connectivity index (χ0n) is 17.0. The van der Waals surface area contributed by atoms with Gasteiger partial charge < -0.3 is 5.32 Å². The fraction of sp³-hybridized carbons (Fsp3) is 0.391. The van der Waals surface area contributed by atoms with Crippen molar-refractivity contribution < 1.29 is 18.4 Å². The minimum absolute atomic E-state index is 0.102. The van der Waals surface area contributed by atoms with Crippen LogP contribution in [0.3, 0.4) is 0 Å². The van der Waals surface area contributed by atoms with E-state index in [4.69, 9.17) is 58.0 Å². The number of benzene rings is 2. The van der Waals surface area contributed by atoms with Crippen molar-refractivity contribution in [1.82, 2.24) is 0 Å². The maximum absolute atomic E-state index is 13.0. The van der Waals surface area contributed by atoms with Crippen LogP contribution in [-0.2, 0) is 4.79 Å². The molecule has 4 rings (SSSR count). The highest BCUT2D eigenvalue weighted by Gasteiger charge is 2.67. The molecule has 2 fully saturated rings. The highest BCUT2D eigenvalue weighted by atomic mass is 35.5. The van der Waals surface area contributed by atoms with Crippen LogP contribution in [0.1, 0.15) is 47.5 Å². The molecule has 0 saturated heterocycles. The Kier molecular flexibility index (Phi) is 6.94. The van der Waals surface area contributed by atoms with Gasteiger partial charge in [-0.2, -0.15) is 0 Å². The first-order valence-electron chi connectivity index (χ1n) is 10.2. The molecule has 0 heterocycles. The van der Waals surface area contributed by atoms with E-state index in [1.807, 2.05) is 0 Å². The van der Waals surface area contributed by atoms with Gasteiger partial charge in [0.25, 0.3) is 0 Å². The van der Waals surface area contributed by atoms with E-state index in [9.17, 15) is 18.4 Å². The van der Waals surface area contributed by atoms with E-state index in [2.05, 4.69) is 5.32 Å². The third-order valence-corrected chi connectivity index (χ3v) is 7.77. The number of hydrogen-bond acceptors (Lipinski definition) is 2. The maximum Gasteiger partial charge on any atom is 0.248 e. The number of halogens is 7. The summed E-state index contributed by atoms with van der Waals surface area (Å²) in [6.07, 6.45) is 0.0884. The van der Waals surface area contributed by atoms with E-state index in [0.717, 1.165) is 0 Å². The van der Waals surface area contributed by atoms with Crippen LogP contribution in [0.5, 0.6) is 0 Å². The van der Waals surface area contributed by atoms with Crippen LogP contribution >= 0.6 is 58.0 Å². The van der Waals surface area contributed by atoms with Gasteiger partial charge in [0.05, 0.1) is 10.9 Å². The van der Waals surface area contributed by atoms with E-state index < -0.39 is 28.0 Å². The lowest BCUT2D eigenvalue weighted by atomic mass is 9.78. The van der Waals surface area contributed by atoms with Crippen LogP contribution in [0.4, 0.5) is 14.5 Å². The number of carbonyl (C=O) groups excluding carboxylic acids is 2. The smallest absolute Gasteiger partial charge is 0.248 e. The molecule has 2 saturated carbocycles. The number of carbonyl (C=O) groups is 2. The Morgan fingerprint density at radius 3 is 2.24 bits per heavy atom. The number of amides is 1. The highest BCUT2D eigenvalue weighted by molar-refractivity contribution is 6.53. The predicted molar refractivity (Wildman–Crippen MR) is 128 cm³/mol. The lowest BCUT2D eigenvalue weighted by Gasteiger charge is -2.34. The molecule has 1 amide bonds. The van der Waals surface area contributed by atoms with Crippen molar-refractivity contribution >= 4 is 75.4 Å². The molecule has 2 unspecified atom stereocenters. The molecule has 0 radical (unpaired) electrons. The predicted octanol–water partition coefficient (Wildman–Crippen LogP) is 8.18. The lowest BCUT2D eigenvalue weighted by Crippen LogP contribution is -2.35. The van der Waals surface area contributed by atoms with Gasteiger partial charge in [0.2, 0.25) is 11.8 Å². The molecule has 0 spiro atoms. The quantitative estimate of drug-likeness (QED) is 0.277. The fourth-order valence-electron chi connectivity index (χ4n) is 4.32. The van der Waals surface area contributed by atoms with E-state index in [1.165, 1.54) is 12.1 Å². The van der Waals surface area contributed by atoms with Gasteiger partial charge in [0.1, 0.15) is 4.33 Å². The van der Waals surface area contributed by atoms with Gasteiger partial charge in [-0.3, -0.25) is 9.59 Å². The van der Waals surface area contributed by atoms with Crippen molar-refractivity contribution in [2.75, 3.05) is 5.32 Å². The molecule has 0 bridgehead atoms. The first kappa shape index (κ1) is 25.0. The van der Waals surface area contributed by atoms with Crippen LogP contribution in [-0.4, -0.2) is 21.9 Å². The topological polar surface area (TPSA) is 46.2 Å². The Morgan fingerprint density at radius 2 is 1.64 bits per heavy atom. The maximum atomic E-state index is 13.0. The average molecular weight is 556 g/mol. The molecule has 2 atom stereocenters. The van der Waals surface area contributed by atoms with Gasteiger partial charge in [-0.1, -0.05) is 34.8 Å². The van der Waals surface area contributed by atoms with Gasteiger partial charge in [-0.15, -0.1) is 23.2 Å². The minimum atomic E-state index is -2.62. The minimum Gasteiger partial charge on any atom is -0.326 e. The lowest BCUT2D eigenvalue weighted by molar-refractivity contribution is -0.117. The van der Waals surface area contributed by atoms with Crippen molar-refractivity contribution in [3.05, 3.63) is 62.6 Å². The van der Waals surface area contributed by atoms with Crippen molar-refractivity contribution in [2.45, 2.75) is 41.9 Å². The largest absolute Gasteiger partial charge is 0.326 e. The Labute approximate surface area is 214 Å². The Hall–Kier alpha value is -1.11. The van der Waals surface area contributed by atoms with Crippen molar-refractivity contribution in [3.63, 3.8) is 0 Å². The summed E-state index contributed by atoms with van der Waals surface area (Å²) in [5.41, 5.74) is 1.21. The number of rotatable bonds is 7. The molecule has 10 heteroatoms. The summed E-state index contributed by atoms with van der Waals surface area (Å²) in [6.45, 7) is 0. The molecule has 1 N–H and O–H groups in total. The summed E-state index contributed by atoms with van der Waals surface area (Å²) in [5.74, 6) is -4.76. The van der Waals surface area contributed by atoms with E-state index >= 15 is 0 Å². The molecule has 0 aromatic heterocycles. The molecule has 2 aliphatic carbocycles. The Bertz CT molecular complexity index is 1100. The summed E-state index contributed by atoms with van der Waals surface area (Å²) in [6, 6.07) is 9.40. The molecule has 3 nitrogen and oxygen atoms in total. The molecular weight excluding hydrogens is 538 g/mol. The van der Waals surface area contributed by atoms with E-state index in [0.29, 0.717) is 27.7 Å². The first-order chi connectivity index (χ1) is 15.4. The third kappa shape index (κ3) is 5.43.